The summed E-state index contributed by atoms with van der Waals surface area (Å²) >= 11 is 0. The number of aromatic nitrogens is 2. The summed E-state index contributed by atoms with van der Waals surface area (Å²) in [6.07, 6.45) is 0. The van der Waals surface area contributed by atoms with Gasteiger partial charge in [0.25, 0.3) is 0 Å². The summed E-state index contributed by atoms with van der Waals surface area (Å²) in [7, 11) is 0. The summed E-state index contributed by atoms with van der Waals surface area (Å²) in [6, 6.07) is 6.24. The second-order valence-electron chi connectivity index (χ2n) is 4.52. The van der Waals surface area contributed by atoms with E-state index in [0.717, 1.165) is 12.1 Å². The third-order valence-electron chi connectivity index (χ3n) is 3.08. The molecule has 0 saturated heterocycles. The van der Waals surface area contributed by atoms with Crippen LogP contribution in [0.3, 0.4) is 0 Å². The van der Waals surface area contributed by atoms with Crippen LogP contribution in [-0.2, 0) is 0 Å². The predicted molar refractivity (Wildman–Crippen MR) is 71.3 cm³/mol. The molecule has 1 unspecified atom stereocenters. The molecule has 0 amide bonds. The third-order valence-corrected chi connectivity index (χ3v) is 3.08. The first kappa shape index (κ1) is 12.8. The molecule has 0 aliphatic heterocycles. The van der Waals surface area contributed by atoms with Gasteiger partial charge in [-0.3, -0.25) is 0 Å². The standard InChI is InChI=1S/C14H19N3O/c1-5-15-11(4)13-16-17-14(18-13)12-7-6-9(2)10(3)8-12/h6-8,11,15H,5H2,1-4H3. The van der Waals surface area contributed by atoms with Crippen LogP contribution in [-0.4, -0.2) is 16.7 Å². The maximum Gasteiger partial charge on any atom is 0.247 e. The lowest BCUT2D eigenvalue weighted by atomic mass is 10.1. The number of aryl methyl sites for hydroxylation is 2. The molecule has 4 nitrogen and oxygen atoms in total. The SMILES string of the molecule is CCNC(C)c1nnc(-c2ccc(C)c(C)c2)o1. The van der Waals surface area contributed by atoms with Crippen molar-refractivity contribution >= 4 is 0 Å². The fourth-order valence-corrected chi connectivity index (χ4v) is 1.79. The molecule has 0 spiro atoms. The van der Waals surface area contributed by atoms with Gasteiger partial charge in [-0.15, -0.1) is 10.2 Å². The van der Waals surface area contributed by atoms with Crippen LogP contribution in [0.5, 0.6) is 0 Å². The van der Waals surface area contributed by atoms with Crippen molar-refractivity contribution in [2.24, 2.45) is 0 Å². The van der Waals surface area contributed by atoms with Crippen LogP contribution in [0, 0.1) is 13.8 Å². The Morgan fingerprint density at radius 1 is 1.22 bits per heavy atom. The fraction of sp³-hybridized carbons (Fsp3) is 0.429. The first-order chi connectivity index (χ1) is 8.61. The lowest BCUT2D eigenvalue weighted by molar-refractivity contribution is 0.429. The second kappa shape index (κ2) is 5.31. The van der Waals surface area contributed by atoms with Gasteiger partial charge in [0.05, 0.1) is 6.04 Å². The molecule has 4 heteroatoms. The highest BCUT2D eigenvalue weighted by Gasteiger charge is 2.14. The van der Waals surface area contributed by atoms with E-state index >= 15 is 0 Å². The lowest BCUT2D eigenvalue weighted by Gasteiger charge is -2.06. The smallest absolute Gasteiger partial charge is 0.247 e. The highest BCUT2D eigenvalue weighted by Crippen LogP contribution is 2.22. The molecule has 2 aromatic rings. The molecule has 0 fully saturated rings. The fourth-order valence-electron chi connectivity index (χ4n) is 1.79. The average Bonchev–Trinajstić information content (AvgIpc) is 2.82. The maximum atomic E-state index is 5.69. The van der Waals surface area contributed by atoms with Gasteiger partial charge in [0.15, 0.2) is 0 Å². The molecule has 0 aliphatic carbocycles. The predicted octanol–water partition coefficient (Wildman–Crippen LogP) is 3.02. The van der Waals surface area contributed by atoms with Crippen molar-refractivity contribution in [3.05, 3.63) is 35.2 Å². The zero-order chi connectivity index (χ0) is 13.1. The summed E-state index contributed by atoms with van der Waals surface area (Å²) in [4.78, 5) is 0. The van der Waals surface area contributed by atoms with E-state index in [1.165, 1.54) is 11.1 Å². The summed E-state index contributed by atoms with van der Waals surface area (Å²) in [5, 5.41) is 11.4. The molecule has 1 N–H and O–H groups in total. The Balaban J connectivity index is 2.26. The third kappa shape index (κ3) is 2.59. The number of hydrogen-bond donors (Lipinski definition) is 1. The normalized spacial score (nSPS) is 12.7. The minimum atomic E-state index is 0.0859. The van der Waals surface area contributed by atoms with E-state index in [4.69, 9.17) is 4.42 Å². The van der Waals surface area contributed by atoms with Crippen LogP contribution in [0.15, 0.2) is 22.6 Å². The minimum absolute atomic E-state index is 0.0859. The van der Waals surface area contributed by atoms with E-state index in [1.807, 2.05) is 13.0 Å². The van der Waals surface area contributed by atoms with Crippen LogP contribution in [0.2, 0.25) is 0 Å². The molecule has 1 atom stereocenters. The second-order valence-corrected chi connectivity index (χ2v) is 4.52. The summed E-state index contributed by atoms with van der Waals surface area (Å²) < 4.78 is 5.69. The average molecular weight is 245 g/mol. The molecular weight excluding hydrogens is 226 g/mol. The zero-order valence-electron chi connectivity index (χ0n) is 11.3. The van der Waals surface area contributed by atoms with Crippen molar-refractivity contribution in [3.8, 4) is 11.5 Å². The highest BCUT2D eigenvalue weighted by molar-refractivity contribution is 5.55. The van der Waals surface area contributed by atoms with Gasteiger partial charge in [-0.1, -0.05) is 13.0 Å². The van der Waals surface area contributed by atoms with Gasteiger partial charge < -0.3 is 9.73 Å². The molecule has 96 valence electrons. The van der Waals surface area contributed by atoms with Crippen LogP contribution in [0.1, 0.15) is 36.9 Å². The van der Waals surface area contributed by atoms with E-state index in [9.17, 15) is 0 Å². The monoisotopic (exact) mass is 245 g/mol. The number of nitrogens with zero attached hydrogens (tertiary/aromatic N) is 2. The highest BCUT2D eigenvalue weighted by atomic mass is 16.4. The molecular formula is C14H19N3O. The number of nitrogens with one attached hydrogen (secondary N) is 1. The first-order valence-electron chi connectivity index (χ1n) is 6.26. The van der Waals surface area contributed by atoms with Crippen LogP contribution in [0.25, 0.3) is 11.5 Å². The molecule has 0 radical (unpaired) electrons. The Kier molecular flexibility index (Phi) is 3.77. The number of rotatable bonds is 4. The van der Waals surface area contributed by atoms with Crippen molar-refractivity contribution in [3.63, 3.8) is 0 Å². The van der Waals surface area contributed by atoms with Crippen molar-refractivity contribution in [2.45, 2.75) is 33.7 Å². The Morgan fingerprint density at radius 3 is 2.67 bits per heavy atom. The number of hydrogen-bond acceptors (Lipinski definition) is 4. The van der Waals surface area contributed by atoms with Crippen molar-refractivity contribution in [1.29, 1.82) is 0 Å². The van der Waals surface area contributed by atoms with Crippen molar-refractivity contribution in [2.75, 3.05) is 6.54 Å². The van der Waals surface area contributed by atoms with Gasteiger partial charge in [0, 0.05) is 5.56 Å². The Bertz CT molecular complexity index is 534. The molecule has 0 saturated carbocycles. The molecule has 0 bridgehead atoms. The number of benzene rings is 1. The Hall–Kier alpha value is -1.68. The Morgan fingerprint density at radius 2 is 2.00 bits per heavy atom. The lowest BCUT2D eigenvalue weighted by Crippen LogP contribution is -2.17. The molecule has 1 heterocycles. The zero-order valence-corrected chi connectivity index (χ0v) is 11.3. The van der Waals surface area contributed by atoms with Crippen LogP contribution in [0.4, 0.5) is 0 Å². The van der Waals surface area contributed by atoms with Gasteiger partial charge >= 0.3 is 0 Å². The van der Waals surface area contributed by atoms with Gasteiger partial charge in [-0.2, -0.15) is 0 Å². The largest absolute Gasteiger partial charge is 0.419 e. The minimum Gasteiger partial charge on any atom is -0.419 e. The summed E-state index contributed by atoms with van der Waals surface area (Å²) in [5.74, 6) is 1.21. The van der Waals surface area contributed by atoms with E-state index in [2.05, 4.69) is 48.4 Å². The van der Waals surface area contributed by atoms with Gasteiger partial charge in [-0.25, -0.2) is 0 Å². The molecule has 18 heavy (non-hydrogen) atoms. The van der Waals surface area contributed by atoms with Crippen LogP contribution >= 0.6 is 0 Å². The maximum absolute atomic E-state index is 5.69. The molecule has 2 rings (SSSR count). The quantitative estimate of drug-likeness (QED) is 0.899. The van der Waals surface area contributed by atoms with E-state index in [0.29, 0.717) is 11.8 Å². The van der Waals surface area contributed by atoms with Crippen molar-refractivity contribution < 1.29 is 4.42 Å². The van der Waals surface area contributed by atoms with Crippen LogP contribution < -0.4 is 5.32 Å². The van der Waals surface area contributed by atoms with Gasteiger partial charge in [-0.05, 0) is 50.6 Å². The van der Waals surface area contributed by atoms with Gasteiger partial charge in [0.2, 0.25) is 11.8 Å². The summed E-state index contributed by atoms with van der Waals surface area (Å²) in [5.41, 5.74) is 3.46. The molecule has 1 aromatic heterocycles. The van der Waals surface area contributed by atoms with Crippen molar-refractivity contribution in [1.82, 2.24) is 15.5 Å². The Labute approximate surface area is 107 Å². The van der Waals surface area contributed by atoms with E-state index < -0.39 is 0 Å². The summed E-state index contributed by atoms with van der Waals surface area (Å²) in [6.45, 7) is 9.11. The van der Waals surface area contributed by atoms with E-state index in [-0.39, 0.29) is 6.04 Å². The topological polar surface area (TPSA) is 51.0 Å². The van der Waals surface area contributed by atoms with E-state index in [1.54, 1.807) is 0 Å². The van der Waals surface area contributed by atoms with Gasteiger partial charge in [0.1, 0.15) is 0 Å². The first-order valence-corrected chi connectivity index (χ1v) is 6.26. The molecule has 1 aromatic carbocycles. The molecule has 0 aliphatic rings.